The summed E-state index contributed by atoms with van der Waals surface area (Å²) in [5.41, 5.74) is 7.99. The molecule has 13 heteroatoms. The minimum atomic E-state index is -1.15. The molecule has 0 spiro atoms. The molecule has 1 aromatic heterocycles. The van der Waals surface area contributed by atoms with Gasteiger partial charge in [-0.25, -0.2) is 14.4 Å². The number of aliphatic hydroxyl groups is 1. The number of aryl methyl sites for hydroxylation is 1. The van der Waals surface area contributed by atoms with Crippen molar-refractivity contribution in [3.63, 3.8) is 0 Å². The van der Waals surface area contributed by atoms with Crippen molar-refractivity contribution < 1.29 is 38.4 Å². The first kappa shape index (κ1) is 33.6. The third-order valence-corrected chi connectivity index (χ3v) is 7.21. The highest BCUT2D eigenvalue weighted by Crippen LogP contribution is 2.35. The molecule has 3 aromatic rings. The third kappa shape index (κ3) is 7.67. The van der Waals surface area contributed by atoms with Crippen LogP contribution in [0.5, 0.6) is 11.5 Å². The largest absolute Gasteiger partial charge is 0.490 e. The summed E-state index contributed by atoms with van der Waals surface area (Å²) >= 11 is 0. The number of aromatic nitrogens is 1. The van der Waals surface area contributed by atoms with E-state index in [9.17, 15) is 19.5 Å². The average molecular weight is 634 g/mol. The predicted octanol–water partition coefficient (Wildman–Crippen LogP) is 3.79. The summed E-state index contributed by atoms with van der Waals surface area (Å²) in [7, 11) is 1.27. The van der Waals surface area contributed by atoms with E-state index in [1.807, 2.05) is 43.5 Å². The van der Waals surface area contributed by atoms with Gasteiger partial charge in [-0.15, -0.1) is 0 Å². The molecule has 2 heterocycles. The molecule has 4 rings (SSSR count). The van der Waals surface area contributed by atoms with Crippen molar-refractivity contribution in [1.29, 1.82) is 0 Å². The highest BCUT2D eigenvalue weighted by atomic mass is 16.5. The van der Waals surface area contributed by atoms with Gasteiger partial charge in [0, 0.05) is 28.3 Å². The number of aliphatic hydroxyl groups excluding tert-OH is 1. The fourth-order valence-corrected chi connectivity index (χ4v) is 5.09. The number of urea groups is 1. The first-order valence-electron chi connectivity index (χ1n) is 14.8. The summed E-state index contributed by atoms with van der Waals surface area (Å²) in [5, 5.41) is 20.0. The zero-order valence-electron chi connectivity index (χ0n) is 26.7. The second kappa shape index (κ2) is 15.1. The van der Waals surface area contributed by atoms with Gasteiger partial charge in [-0.3, -0.25) is 5.43 Å². The van der Waals surface area contributed by atoms with Crippen molar-refractivity contribution >= 4 is 24.2 Å². The normalized spacial score (nSPS) is 15.2. The lowest BCUT2D eigenvalue weighted by Crippen LogP contribution is -2.45. The van der Waals surface area contributed by atoms with E-state index in [0.717, 1.165) is 22.6 Å². The first-order chi connectivity index (χ1) is 22.1. The Morgan fingerprint density at radius 3 is 2.43 bits per heavy atom. The van der Waals surface area contributed by atoms with Crippen LogP contribution in [-0.2, 0) is 14.3 Å². The van der Waals surface area contributed by atoms with Crippen molar-refractivity contribution in [2.75, 3.05) is 26.9 Å². The Bertz CT molecular complexity index is 1640. The van der Waals surface area contributed by atoms with Gasteiger partial charge in [-0.05, 0) is 82.6 Å². The molecule has 2 atom stereocenters. The van der Waals surface area contributed by atoms with E-state index in [1.165, 1.54) is 7.11 Å². The highest BCUT2D eigenvalue weighted by Gasteiger charge is 2.32. The van der Waals surface area contributed by atoms with E-state index < -0.39 is 24.3 Å². The van der Waals surface area contributed by atoms with Crippen LogP contribution in [-0.4, -0.2) is 67.0 Å². The lowest BCUT2D eigenvalue weighted by Gasteiger charge is -2.28. The van der Waals surface area contributed by atoms with Gasteiger partial charge in [-0.1, -0.05) is 6.07 Å². The molecule has 0 bridgehead atoms. The monoisotopic (exact) mass is 633 g/mol. The van der Waals surface area contributed by atoms with E-state index in [1.54, 1.807) is 50.4 Å². The Labute approximate surface area is 267 Å². The van der Waals surface area contributed by atoms with E-state index in [4.69, 9.17) is 18.9 Å². The minimum Gasteiger partial charge on any atom is -0.490 e. The fraction of sp³-hybridized carbons (Fsp3) is 0.333. The van der Waals surface area contributed by atoms with Gasteiger partial charge in [0.1, 0.15) is 6.61 Å². The van der Waals surface area contributed by atoms with Gasteiger partial charge in [0.15, 0.2) is 17.7 Å². The van der Waals surface area contributed by atoms with Gasteiger partial charge >= 0.3 is 18.0 Å². The van der Waals surface area contributed by atoms with Crippen molar-refractivity contribution in [3.8, 4) is 17.2 Å². The molecular weight excluding hydrogens is 594 g/mol. The number of amides is 2. The zero-order valence-corrected chi connectivity index (χ0v) is 26.7. The number of allylic oxidation sites excluding steroid dienone is 1. The van der Waals surface area contributed by atoms with Crippen molar-refractivity contribution in [2.24, 2.45) is 5.10 Å². The van der Waals surface area contributed by atoms with E-state index in [-0.39, 0.29) is 18.1 Å². The quantitative estimate of drug-likeness (QED) is 0.0950. The number of benzene rings is 2. The summed E-state index contributed by atoms with van der Waals surface area (Å²) in [4.78, 5) is 36.6. The van der Waals surface area contributed by atoms with Crippen LogP contribution < -0.4 is 25.5 Å². The molecule has 1 aliphatic rings. The Hall–Kier alpha value is -5.30. The molecule has 46 heavy (non-hydrogen) atoms. The second-order valence-corrected chi connectivity index (χ2v) is 10.3. The molecule has 0 saturated carbocycles. The lowest BCUT2D eigenvalue weighted by molar-refractivity contribution is -0.136. The molecule has 244 valence electrons. The Kier molecular flexibility index (Phi) is 11.0. The maximum atomic E-state index is 12.5. The van der Waals surface area contributed by atoms with Gasteiger partial charge in [0.2, 0.25) is 0 Å². The minimum absolute atomic E-state index is 0.154. The summed E-state index contributed by atoms with van der Waals surface area (Å²) < 4.78 is 23.6. The van der Waals surface area contributed by atoms with Crippen LogP contribution in [0.3, 0.4) is 0 Å². The number of nitrogens with zero attached hydrogens (tertiary/aromatic N) is 2. The van der Waals surface area contributed by atoms with Crippen LogP contribution in [0.15, 0.2) is 64.9 Å². The average Bonchev–Trinajstić information content (AvgIpc) is 3.32. The Balaban J connectivity index is 1.41. The number of nitrogens with one attached hydrogen (secondary N) is 3. The number of carbonyl (C=O) groups excluding carboxylic acids is 3. The summed E-state index contributed by atoms with van der Waals surface area (Å²) in [6, 6.07) is 12.9. The highest BCUT2D eigenvalue weighted by molar-refractivity contribution is 5.95. The number of hydrazone groups is 1. The molecule has 0 unspecified atom stereocenters. The maximum absolute atomic E-state index is 12.5. The smallest absolute Gasteiger partial charge is 0.338 e. The summed E-state index contributed by atoms with van der Waals surface area (Å²) in [6.07, 6.45) is 0.460. The topological polar surface area (TPSA) is 162 Å². The molecule has 13 nitrogen and oxygen atoms in total. The Morgan fingerprint density at radius 1 is 1.02 bits per heavy atom. The van der Waals surface area contributed by atoms with Crippen molar-refractivity contribution in [3.05, 3.63) is 87.9 Å². The number of hydrogen-bond acceptors (Lipinski definition) is 10. The van der Waals surface area contributed by atoms with Crippen molar-refractivity contribution in [2.45, 2.75) is 46.9 Å². The second-order valence-electron chi connectivity index (χ2n) is 10.3. The van der Waals surface area contributed by atoms with Crippen LogP contribution in [0.25, 0.3) is 5.69 Å². The molecular formula is C33H39N5O8. The predicted molar refractivity (Wildman–Crippen MR) is 170 cm³/mol. The standard InChI is InChI=1S/C33H39N5O8/c1-7-44-27-16-23(30-29(32(41)43-6)20(4)35-33(42)36-30)11-14-26(27)46-18-28(39)37-34-17-24-15-19(3)38(21(24)5)25-12-9-22(10-13-25)31(40)45-8-2/h9-17,28,30,37,39H,7-8,18H2,1-6H3,(H2,35,36,42)/b34-17-/t28-,30+/m0/s1. The van der Waals surface area contributed by atoms with E-state index in [0.29, 0.717) is 41.5 Å². The molecule has 4 N–H and O–H groups in total. The van der Waals surface area contributed by atoms with Gasteiger partial charge in [0.25, 0.3) is 0 Å². The number of rotatable bonds is 13. The first-order valence-corrected chi connectivity index (χ1v) is 14.8. The molecule has 0 fully saturated rings. The number of esters is 2. The third-order valence-electron chi connectivity index (χ3n) is 7.21. The summed E-state index contributed by atoms with van der Waals surface area (Å²) in [6.45, 7) is 9.61. The molecule has 0 saturated heterocycles. The number of methoxy groups -OCH3 is 1. The fourth-order valence-electron chi connectivity index (χ4n) is 5.09. The SMILES string of the molecule is CCOC(=O)c1ccc(-n2c(C)cc(/C=N\N[C@@H](O)COc3ccc([C@H]4NC(=O)NC(C)=C4C(=O)OC)cc3OCC)c2C)cc1. The van der Waals surface area contributed by atoms with Crippen LogP contribution in [0, 0.1) is 13.8 Å². The number of ether oxygens (including phenoxy) is 4. The number of carbonyl (C=O) groups is 3. The Morgan fingerprint density at radius 2 is 1.76 bits per heavy atom. The molecule has 2 amide bonds. The molecule has 1 aliphatic heterocycles. The summed E-state index contributed by atoms with van der Waals surface area (Å²) in [5.74, 6) is -0.215. The zero-order chi connectivity index (χ0) is 33.4. The van der Waals surface area contributed by atoms with Gasteiger partial charge < -0.3 is 39.3 Å². The van der Waals surface area contributed by atoms with Gasteiger partial charge in [0.05, 0.1) is 43.7 Å². The van der Waals surface area contributed by atoms with Crippen LogP contribution in [0.4, 0.5) is 4.79 Å². The van der Waals surface area contributed by atoms with Gasteiger partial charge in [-0.2, -0.15) is 5.10 Å². The van der Waals surface area contributed by atoms with Crippen LogP contribution >= 0.6 is 0 Å². The number of hydrogen-bond donors (Lipinski definition) is 4. The van der Waals surface area contributed by atoms with Crippen LogP contribution in [0.1, 0.15) is 59.7 Å². The van der Waals surface area contributed by atoms with E-state index in [2.05, 4.69) is 21.2 Å². The lowest BCUT2D eigenvalue weighted by atomic mass is 9.95. The molecule has 0 radical (unpaired) electrons. The van der Waals surface area contributed by atoms with E-state index >= 15 is 0 Å². The van der Waals surface area contributed by atoms with Crippen LogP contribution in [0.2, 0.25) is 0 Å². The molecule has 2 aromatic carbocycles. The molecule has 0 aliphatic carbocycles. The van der Waals surface area contributed by atoms with Crippen molar-refractivity contribution in [1.82, 2.24) is 20.6 Å². The maximum Gasteiger partial charge on any atom is 0.338 e.